The van der Waals surface area contributed by atoms with Crippen LogP contribution in [0.3, 0.4) is 0 Å². The summed E-state index contributed by atoms with van der Waals surface area (Å²) in [4.78, 5) is 0. The Hall–Kier alpha value is 1.49. The van der Waals surface area contributed by atoms with Gasteiger partial charge in [-0.3, -0.25) is 0 Å². The Morgan fingerprint density at radius 2 is 1.92 bits per heavy atom. The average molecular weight is 204 g/mol. The third-order valence-electron chi connectivity index (χ3n) is 2.75. The third-order valence-corrected chi connectivity index (χ3v) is 2.75. The molecule has 5 heteroatoms. The van der Waals surface area contributed by atoms with Gasteiger partial charge in [0.2, 0.25) is 0 Å². The van der Waals surface area contributed by atoms with Gasteiger partial charge in [-0.2, -0.15) is 0 Å². The molecule has 1 saturated carbocycles. The molecule has 66 valence electrons. The van der Waals surface area contributed by atoms with Crippen LogP contribution in [0.2, 0.25) is 5.82 Å². The van der Waals surface area contributed by atoms with E-state index in [1.807, 2.05) is 13.8 Å². The maximum Gasteiger partial charge on any atom is 1.00 e. The molecule has 0 amide bonds. The minimum Gasteiger partial charge on any atom is -0.449 e. The zero-order chi connectivity index (χ0) is 8.65. The van der Waals surface area contributed by atoms with Gasteiger partial charge in [0.15, 0.2) is 0 Å². The fourth-order valence-electron chi connectivity index (χ4n) is 1.63. The third kappa shape index (κ3) is 3.33. The SMILES string of the molecule is CCC(C)C1CC1[B-](F)(F)F.[K+]. The molecular formula is C7H13BF3K. The monoisotopic (exact) mass is 204 g/mol. The van der Waals surface area contributed by atoms with E-state index in [1.165, 1.54) is 0 Å². The first-order valence-electron chi connectivity index (χ1n) is 4.16. The summed E-state index contributed by atoms with van der Waals surface area (Å²) in [7, 11) is 0. The van der Waals surface area contributed by atoms with Crippen molar-refractivity contribution < 1.29 is 64.3 Å². The quantitative estimate of drug-likeness (QED) is 0.579. The molecule has 1 fully saturated rings. The van der Waals surface area contributed by atoms with Crippen LogP contribution in [0.15, 0.2) is 0 Å². The Morgan fingerprint density at radius 1 is 1.42 bits per heavy atom. The van der Waals surface area contributed by atoms with Gasteiger partial charge in [0.25, 0.3) is 0 Å². The van der Waals surface area contributed by atoms with E-state index in [0.29, 0.717) is 6.42 Å². The number of hydrogen-bond donors (Lipinski definition) is 0. The molecule has 3 atom stereocenters. The first kappa shape index (κ1) is 13.5. The molecule has 12 heavy (non-hydrogen) atoms. The summed E-state index contributed by atoms with van der Waals surface area (Å²) in [6.45, 7) is -0.677. The van der Waals surface area contributed by atoms with Gasteiger partial charge in [0.05, 0.1) is 0 Å². The molecule has 3 unspecified atom stereocenters. The van der Waals surface area contributed by atoms with Crippen molar-refractivity contribution in [1.29, 1.82) is 0 Å². The molecule has 0 bridgehead atoms. The summed E-state index contributed by atoms with van der Waals surface area (Å²) in [5.41, 5.74) is 0. The molecule has 0 spiro atoms. The largest absolute Gasteiger partial charge is 1.00 e. The summed E-state index contributed by atoms with van der Waals surface area (Å²) in [5, 5.41) is 0. The summed E-state index contributed by atoms with van der Waals surface area (Å²) in [6, 6.07) is 0. The summed E-state index contributed by atoms with van der Waals surface area (Å²) < 4.78 is 36.1. The summed E-state index contributed by atoms with van der Waals surface area (Å²) in [6.07, 6.45) is 1.26. The molecular weight excluding hydrogens is 191 g/mol. The zero-order valence-corrected chi connectivity index (χ0v) is 11.0. The van der Waals surface area contributed by atoms with Crippen molar-refractivity contribution in [2.45, 2.75) is 32.5 Å². The van der Waals surface area contributed by atoms with Crippen molar-refractivity contribution in [3.05, 3.63) is 0 Å². The fourth-order valence-corrected chi connectivity index (χ4v) is 1.63. The van der Waals surface area contributed by atoms with E-state index in [2.05, 4.69) is 0 Å². The van der Waals surface area contributed by atoms with Gasteiger partial charge in [0.1, 0.15) is 0 Å². The van der Waals surface area contributed by atoms with Crippen LogP contribution < -0.4 is 51.4 Å². The molecule has 1 rings (SSSR count). The molecule has 0 aromatic carbocycles. The van der Waals surface area contributed by atoms with E-state index in [0.717, 1.165) is 6.42 Å². The Bertz CT molecular complexity index is 148. The van der Waals surface area contributed by atoms with E-state index in [4.69, 9.17) is 0 Å². The van der Waals surface area contributed by atoms with E-state index in [-0.39, 0.29) is 63.2 Å². The fraction of sp³-hybridized carbons (Fsp3) is 1.00. The van der Waals surface area contributed by atoms with Crippen LogP contribution in [0, 0.1) is 11.8 Å². The van der Waals surface area contributed by atoms with Gasteiger partial charge >= 0.3 is 58.4 Å². The Kier molecular flexibility index (Phi) is 5.42. The van der Waals surface area contributed by atoms with E-state index in [1.54, 1.807) is 0 Å². The molecule has 0 saturated heterocycles. The predicted molar refractivity (Wildman–Crippen MR) is 40.4 cm³/mol. The number of rotatable bonds is 3. The predicted octanol–water partition coefficient (Wildman–Crippen LogP) is 0.274. The Labute approximate surface area is 114 Å². The normalized spacial score (nSPS) is 30.8. The van der Waals surface area contributed by atoms with Crippen LogP contribution in [0.1, 0.15) is 26.7 Å². The van der Waals surface area contributed by atoms with Gasteiger partial charge < -0.3 is 12.9 Å². The van der Waals surface area contributed by atoms with Crippen LogP contribution in [0.4, 0.5) is 12.9 Å². The second-order valence-corrected chi connectivity index (χ2v) is 3.57. The second-order valence-electron chi connectivity index (χ2n) is 3.57. The summed E-state index contributed by atoms with van der Waals surface area (Å²) in [5.74, 6) is -0.728. The second kappa shape index (κ2) is 4.82. The van der Waals surface area contributed by atoms with Crippen LogP contribution in [-0.2, 0) is 0 Å². The van der Waals surface area contributed by atoms with Gasteiger partial charge in [-0.1, -0.05) is 38.4 Å². The average Bonchev–Trinajstić information content (AvgIpc) is 2.62. The van der Waals surface area contributed by atoms with Crippen molar-refractivity contribution in [2.75, 3.05) is 0 Å². The topological polar surface area (TPSA) is 0 Å². The van der Waals surface area contributed by atoms with Crippen molar-refractivity contribution in [3.8, 4) is 0 Å². The molecule has 0 heterocycles. The minimum absolute atomic E-state index is 0. The van der Waals surface area contributed by atoms with Crippen LogP contribution >= 0.6 is 0 Å². The molecule has 0 radical (unpaired) electrons. The smallest absolute Gasteiger partial charge is 0.449 e. The standard InChI is InChI=1S/C7H13BF3.K/c1-3-5(2)6-4-7(6)8(9,10)11;/h5-7H,3-4H2,1-2H3;/q-1;+1. The van der Waals surface area contributed by atoms with Gasteiger partial charge in [0, 0.05) is 0 Å². The zero-order valence-electron chi connectivity index (χ0n) is 7.86. The van der Waals surface area contributed by atoms with E-state index >= 15 is 0 Å². The molecule has 0 aromatic rings. The van der Waals surface area contributed by atoms with Crippen molar-refractivity contribution in [3.63, 3.8) is 0 Å². The van der Waals surface area contributed by atoms with Crippen LogP contribution in [0.5, 0.6) is 0 Å². The van der Waals surface area contributed by atoms with E-state index in [9.17, 15) is 12.9 Å². The van der Waals surface area contributed by atoms with Crippen LogP contribution in [-0.4, -0.2) is 6.98 Å². The van der Waals surface area contributed by atoms with E-state index < -0.39 is 12.8 Å². The minimum atomic E-state index is -4.53. The van der Waals surface area contributed by atoms with Crippen molar-refractivity contribution >= 4 is 6.98 Å². The van der Waals surface area contributed by atoms with Crippen molar-refractivity contribution in [2.24, 2.45) is 11.8 Å². The Balaban J connectivity index is 0.00000121. The number of hydrogen-bond acceptors (Lipinski definition) is 0. The maximum atomic E-state index is 12.0. The van der Waals surface area contributed by atoms with Crippen molar-refractivity contribution in [1.82, 2.24) is 0 Å². The summed E-state index contributed by atoms with van der Waals surface area (Å²) >= 11 is 0. The number of halogens is 3. The maximum absolute atomic E-state index is 12.0. The molecule has 0 aliphatic heterocycles. The first-order valence-corrected chi connectivity index (χ1v) is 4.16. The molecule has 0 nitrogen and oxygen atoms in total. The Morgan fingerprint density at radius 3 is 2.17 bits per heavy atom. The van der Waals surface area contributed by atoms with Gasteiger partial charge in [-0.25, -0.2) is 0 Å². The molecule has 0 aromatic heterocycles. The first-order chi connectivity index (χ1) is 4.96. The van der Waals surface area contributed by atoms with Gasteiger partial charge in [-0.15, -0.1) is 0 Å². The van der Waals surface area contributed by atoms with Crippen LogP contribution in [0.25, 0.3) is 0 Å². The van der Waals surface area contributed by atoms with Gasteiger partial charge in [-0.05, 0) is 5.92 Å². The molecule has 0 N–H and O–H groups in total. The molecule has 1 aliphatic rings. The molecule has 1 aliphatic carbocycles.